The fourth-order valence-corrected chi connectivity index (χ4v) is 0.356. The monoisotopic (exact) mass is 112 g/mol. The molecule has 0 aromatic rings. The van der Waals surface area contributed by atoms with Crippen LogP contribution in [0.1, 0.15) is 0 Å². The molecule has 0 aromatic carbocycles. The molecule has 0 amide bonds. The van der Waals surface area contributed by atoms with Gasteiger partial charge in [0.05, 0.1) is 0 Å². The second-order valence-electron chi connectivity index (χ2n) is 1.25. The minimum Gasteiger partial charge on any atom is -0.194 e. The highest BCUT2D eigenvalue weighted by molar-refractivity contribution is 5.24. The Labute approximate surface area is 45.1 Å². The summed E-state index contributed by atoms with van der Waals surface area (Å²) in [6.07, 6.45) is 2.52. The summed E-state index contributed by atoms with van der Waals surface area (Å²) in [5.41, 5.74) is 4.05. The zero-order valence-corrected chi connectivity index (χ0v) is 3.91. The van der Waals surface area contributed by atoms with E-state index in [9.17, 15) is 8.78 Å². The lowest BCUT2D eigenvalue weighted by Gasteiger charge is -1.83. The number of allylic oxidation sites excluding steroid dienone is 2. The van der Waals surface area contributed by atoms with E-state index in [1.54, 1.807) is 0 Å². The van der Waals surface area contributed by atoms with Crippen LogP contribution in [0.2, 0.25) is 0 Å². The van der Waals surface area contributed by atoms with Crippen molar-refractivity contribution >= 4 is 0 Å². The molecule has 0 spiro atoms. The van der Waals surface area contributed by atoms with Gasteiger partial charge in [0.25, 0.3) is 0 Å². The maximum absolute atomic E-state index is 11.9. The molecule has 0 aromatic heterocycles. The van der Waals surface area contributed by atoms with Gasteiger partial charge in [-0.05, 0) is 12.2 Å². The van der Waals surface area contributed by atoms with Gasteiger partial charge in [-0.2, -0.15) is 8.78 Å². The smallest absolute Gasteiger partial charge is 0.194 e. The summed E-state index contributed by atoms with van der Waals surface area (Å²) >= 11 is 0. The Morgan fingerprint density at radius 2 is 1.38 bits per heavy atom. The lowest BCUT2D eigenvalue weighted by molar-refractivity contribution is 0.547. The average molecular weight is 112 g/mol. The van der Waals surface area contributed by atoms with E-state index in [0.717, 1.165) is 0 Å². The average Bonchev–Trinajstić information content (AvgIpc) is 1.77. The van der Waals surface area contributed by atoms with Crippen LogP contribution >= 0.6 is 0 Å². The summed E-state index contributed by atoms with van der Waals surface area (Å²) < 4.78 is 23.7. The molecule has 0 saturated heterocycles. The van der Waals surface area contributed by atoms with Crippen molar-refractivity contribution < 1.29 is 8.78 Å². The van der Waals surface area contributed by atoms with Crippen LogP contribution in [0.15, 0.2) is 35.3 Å². The van der Waals surface area contributed by atoms with Gasteiger partial charge in [-0.3, -0.25) is 0 Å². The standard InChI is InChI=1S/C6H2F2/c7-5-3-1-2-4-6(5)8/h1-2H. The molecule has 0 heterocycles. The van der Waals surface area contributed by atoms with Gasteiger partial charge in [0.1, 0.15) is 0 Å². The van der Waals surface area contributed by atoms with E-state index in [-0.39, 0.29) is 0 Å². The number of rotatable bonds is 0. The van der Waals surface area contributed by atoms with E-state index in [4.69, 9.17) is 0 Å². The summed E-state index contributed by atoms with van der Waals surface area (Å²) in [5.74, 6) is -1.96. The van der Waals surface area contributed by atoms with Gasteiger partial charge < -0.3 is 0 Å². The largest absolute Gasteiger partial charge is 0.209 e. The third kappa shape index (κ3) is 0.760. The highest BCUT2D eigenvalue weighted by Crippen LogP contribution is 2.11. The normalized spacial score (nSPS) is 15.8. The molecule has 0 nitrogen and oxygen atoms in total. The molecule has 0 saturated carbocycles. The van der Waals surface area contributed by atoms with E-state index in [2.05, 4.69) is 0 Å². The minimum absolute atomic E-state index is 0.979. The van der Waals surface area contributed by atoms with E-state index in [0.29, 0.717) is 0 Å². The third-order valence-electron chi connectivity index (χ3n) is 0.696. The second kappa shape index (κ2) is 1.79. The topological polar surface area (TPSA) is 0 Å². The molecule has 0 N–H and O–H groups in total. The summed E-state index contributed by atoms with van der Waals surface area (Å²) in [6, 6.07) is 0. The van der Waals surface area contributed by atoms with Crippen LogP contribution in [0.5, 0.6) is 0 Å². The molecule has 0 unspecified atom stereocenters. The predicted molar refractivity (Wildman–Crippen MR) is 25.4 cm³/mol. The first-order valence-corrected chi connectivity index (χ1v) is 2.04. The molecule has 0 atom stereocenters. The van der Waals surface area contributed by atoms with Crippen LogP contribution in [0.3, 0.4) is 0 Å². The third-order valence-corrected chi connectivity index (χ3v) is 0.696. The summed E-state index contributed by atoms with van der Waals surface area (Å²) in [7, 11) is 0. The van der Waals surface area contributed by atoms with Gasteiger partial charge in [0.2, 0.25) is 11.7 Å². The van der Waals surface area contributed by atoms with E-state index < -0.39 is 11.7 Å². The van der Waals surface area contributed by atoms with Crippen LogP contribution in [0.25, 0.3) is 0 Å². The summed E-state index contributed by atoms with van der Waals surface area (Å²) in [6.45, 7) is 0. The van der Waals surface area contributed by atoms with Gasteiger partial charge in [-0.15, -0.1) is 0 Å². The second-order valence-corrected chi connectivity index (χ2v) is 1.25. The lowest BCUT2D eigenvalue weighted by Crippen LogP contribution is -1.70. The van der Waals surface area contributed by atoms with Crippen LogP contribution < -0.4 is 0 Å². The molecular weight excluding hydrogens is 110 g/mol. The van der Waals surface area contributed by atoms with Crippen LogP contribution in [-0.4, -0.2) is 0 Å². The number of hydrogen-bond donors (Lipinski definition) is 0. The number of halogens is 2. The first kappa shape index (κ1) is 5.04. The molecule has 1 aliphatic rings. The van der Waals surface area contributed by atoms with Crippen molar-refractivity contribution in [2.45, 2.75) is 0 Å². The number of hydrogen-bond acceptors (Lipinski definition) is 0. The van der Waals surface area contributed by atoms with Gasteiger partial charge >= 0.3 is 0 Å². The van der Waals surface area contributed by atoms with Crippen LogP contribution in [-0.2, 0) is 0 Å². The minimum atomic E-state index is -0.979. The Kier molecular flexibility index (Phi) is 1.13. The van der Waals surface area contributed by atoms with Crippen LogP contribution in [0, 0.1) is 0 Å². The fraction of sp³-hybridized carbons (Fsp3) is 0. The maximum Gasteiger partial charge on any atom is 0.209 e. The van der Waals surface area contributed by atoms with Crippen molar-refractivity contribution in [1.82, 2.24) is 0 Å². The van der Waals surface area contributed by atoms with E-state index in [1.165, 1.54) is 12.2 Å². The highest BCUT2D eigenvalue weighted by Gasteiger charge is 1.99. The van der Waals surface area contributed by atoms with Crippen molar-refractivity contribution in [2.75, 3.05) is 0 Å². The predicted octanol–water partition coefficient (Wildman–Crippen LogP) is 2.02. The fourth-order valence-electron chi connectivity index (χ4n) is 0.356. The molecule has 0 bridgehead atoms. The Morgan fingerprint density at radius 1 is 1.00 bits per heavy atom. The summed E-state index contributed by atoms with van der Waals surface area (Å²) in [5, 5.41) is 0. The van der Waals surface area contributed by atoms with E-state index >= 15 is 0 Å². The zero-order chi connectivity index (χ0) is 5.98. The molecule has 1 rings (SSSR count). The van der Waals surface area contributed by atoms with Crippen molar-refractivity contribution in [3.8, 4) is 0 Å². The molecular formula is C6H2F2. The van der Waals surface area contributed by atoms with Gasteiger partial charge in [-0.1, -0.05) is 11.5 Å². The molecule has 8 heavy (non-hydrogen) atoms. The molecule has 0 radical (unpaired) electrons. The molecule has 0 aliphatic heterocycles. The SMILES string of the molecule is FC1=C=CC=C=C1F. The van der Waals surface area contributed by atoms with Gasteiger partial charge in [0, 0.05) is 0 Å². The molecule has 1 aliphatic carbocycles. The first-order chi connectivity index (χ1) is 3.80. The lowest BCUT2D eigenvalue weighted by atomic mass is 10.3. The Morgan fingerprint density at radius 3 is 1.62 bits per heavy atom. The Hall–Kier alpha value is -1.10. The first-order valence-electron chi connectivity index (χ1n) is 2.04. The van der Waals surface area contributed by atoms with Crippen LogP contribution in [0.4, 0.5) is 8.78 Å². The Bertz CT molecular complexity index is 197. The maximum atomic E-state index is 11.9. The van der Waals surface area contributed by atoms with Gasteiger partial charge in [-0.25, -0.2) is 0 Å². The quantitative estimate of drug-likeness (QED) is 0.420. The molecule has 40 valence electrons. The molecule has 0 fully saturated rings. The summed E-state index contributed by atoms with van der Waals surface area (Å²) in [4.78, 5) is 0. The Balaban J connectivity index is 3.10. The zero-order valence-electron chi connectivity index (χ0n) is 3.91. The van der Waals surface area contributed by atoms with E-state index in [1.807, 2.05) is 11.5 Å². The van der Waals surface area contributed by atoms with Crippen molar-refractivity contribution in [3.05, 3.63) is 35.3 Å². The van der Waals surface area contributed by atoms with Crippen molar-refractivity contribution in [3.63, 3.8) is 0 Å². The van der Waals surface area contributed by atoms with Crippen molar-refractivity contribution in [2.24, 2.45) is 0 Å². The highest BCUT2D eigenvalue weighted by atomic mass is 19.2. The van der Waals surface area contributed by atoms with Crippen molar-refractivity contribution in [1.29, 1.82) is 0 Å². The van der Waals surface area contributed by atoms with Gasteiger partial charge in [0.15, 0.2) is 0 Å². The molecule has 2 heteroatoms.